The Labute approximate surface area is 104 Å². The average Bonchev–Trinajstić information content (AvgIpc) is 2.74. The largest absolute Gasteiger partial charge is 0.386 e. The molecule has 0 bridgehead atoms. The molecular formula is C13H25NO3. The molecule has 0 saturated carbocycles. The Morgan fingerprint density at radius 3 is 2.76 bits per heavy atom. The number of nitrogens with one attached hydrogen (secondary N) is 1. The zero-order chi connectivity index (χ0) is 12.6. The van der Waals surface area contributed by atoms with E-state index in [-0.39, 0.29) is 5.91 Å². The Kier molecular flexibility index (Phi) is 6.52. The third-order valence-corrected chi connectivity index (χ3v) is 3.20. The van der Waals surface area contributed by atoms with Crippen molar-refractivity contribution in [3.05, 3.63) is 0 Å². The van der Waals surface area contributed by atoms with E-state index in [1.165, 1.54) is 19.3 Å². The summed E-state index contributed by atoms with van der Waals surface area (Å²) in [6, 6.07) is 0. The fraction of sp³-hybridized carbons (Fsp3) is 0.923. The van der Waals surface area contributed by atoms with Gasteiger partial charge in [0.25, 0.3) is 0 Å². The van der Waals surface area contributed by atoms with Crippen molar-refractivity contribution in [2.24, 2.45) is 0 Å². The van der Waals surface area contributed by atoms with Crippen LogP contribution in [0.3, 0.4) is 0 Å². The van der Waals surface area contributed by atoms with E-state index in [2.05, 4.69) is 12.2 Å². The normalized spacial score (nSPS) is 23.9. The van der Waals surface area contributed by atoms with E-state index in [0.29, 0.717) is 32.6 Å². The topological polar surface area (TPSA) is 58.6 Å². The molecule has 0 aromatic heterocycles. The van der Waals surface area contributed by atoms with Crippen LogP contribution in [0.2, 0.25) is 0 Å². The lowest BCUT2D eigenvalue weighted by molar-refractivity contribution is -0.122. The van der Waals surface area contributed by atoms with E-state index in [4.69, 9.17) is 4.74 Å². The first-order valence-corrected chi connectivity index (χ1v) is 6.73. The van der Waals surface area contributed by atoms with Gasteiger partial charge in [0.1, 0.15) is 5.60 Å². The Bertz CT molecular complexity index is 225. The quantitative estimate of drug-likeness (QED) is 0.637. The zero-order valence-electron chi connectivity index (χ0n) is 10.8. The molecule has 4 heteroatoms. The molecule has 1 rings (SSSR count). The number of aliphatic hydroxyl groups is 1. The molecule has 4 nitrogen and oxygen atoms in total. The number of hydrogen-bond acceptors (Lipinski definition) is 3. The average molecular weight is 243 g/mol. The Morgan fingerprint density at radius 1 is 1.35 bits per heavy atom. The maximum absolute atomic E-state index is 11.5. The number of ether oxygens (including phenoxy) is 1. The van der Waals surface area contributed by atoms with Crippen LogP contribution >= 0.6 is 0 Å². The number of hydrogen-bond donors (Lipinski definition) is 2. The second-order valence-corrected chi connectivity index (χ2v) is 4.97. The number of rotatable bonds is 8. The van der Waals surface area contributed by atoms with Crippen LogP contribution in [0.4, 0.5) is 0 Å². The molecule has 1 amide bonds. The lowest BCUT2D eigenvalue weighted by atomic mass is 10.0. The smallest absolute Gasteiger partial charge is 0.220 e. The van der Waals surface area contributed by atoms with Crippen molar-refractivity contribution in [3.8, 4) is 0 Å². The third-order valence-electron chi connectivity index (χ3n) is 3.20. The summed E-state index contributed by atoms with van der Waals surface area (Å²) >= 11 is 0. The fourth-order valence-corrected chi connectivity index (χ4v) is 1.98. The predicted octanol–water partition coefficient (Wildman–Crippen LogP) is 1.61. The van der Waals surface area contributed by atoms with Gasteiger partial charge in [0, 0.05) is 26.0 Å². The van der Waals surface area contributed by atoms with Crippen molar-refractivity contribution >= 4 is 5.91 Å². The molecule has 1 aliphatic heterocycles. The van der Waals surface area contributed by atoms with Gasteiger partial charge in [0.15, 0.2) is 0 Å². The lowest BCUT2D eigenvalue weighted by Gasteiger charge is -2.20. The minimum atomic E-state index is -0.835. The van der Waals surface area contributed by atoms with Gasteiger partial charge < -0.3 is 15.2 Å². The summed E-state index contributed by atoms with van der Waals surface area (Å²) in [5, 5.41) is 12.7. The van der Waals surface area contributed by atoms with Crippen LogP contribution in [0, 0.1) is 0 Å². The predicted molar refractivity (Wildman–Crippen MR) is 66.8 cm³/mol. The van der Waals surface area contributed by atoms with Gasteiger partial charge in [-0.2, -0.15) is 0 Å². The maximum atomic E-state index is 11.5. The minimum absolute atomic E-state index is 0.0434. The first-order valence-electron chi connectivity index (χ1n) is 6.73. The van der Waals surface area contributed by atoms with E-state index in [1.54, 1.807) is 0 Å². The molecule has 1 unspecified atom stereocenters. The first kappa shape index (κ1) is 14.5. The van der Waals surface area contributed by atoms with Crippen LogP contribution in [-0.4, -0.2) is 36.4 Å². The van der Waals surface area contributed by atoms with Crippen molar-refractivity contribution in [3.63, 3.8) is 0 Å². The van der Waals surface area contributed by atoms with Crippen LogP contribution in [0.15, 0.2) is 0 Å². The summed E-state index contributed by atoms with van der Waals surface area (Å²) in [5.41, 5.74) is -0.835. The molecule has 1 heterocycles. The summed E-state index contributed by atoms with van der Waals surface area (Å²) in [5.74, 6) is 0.0434. The van der Waals surface area contributed by atoms with Gasteiger partial charge in [-0.05, 0) is 6.42 Å². The minimum Gasteiger partial charge on any atom is -0.386 e. The van der Waals surface area contributed by atoms with Gasteiger partial charge in [-0.3, -0.25) is 4.79 Å². The van der Waals surface area contributed by atoms with Crippen LogP contribution in [0.5, 0.6) is 0 Å². The van der Waals surface area contributed by atoms with Crippen molar-refractivity contribution in [1.29, 1.82) is 0 Å². The standard InChI is InChI=1S/C13H25NO3/c1-2-3-4-5-6-7-12(15)14-10-13(16)8-9-17-11-13/h16H,2-11H2,1H3,(H,14,15). The van der Waals surface area contributed by atoms with Crippen LogP contribution < -0.4 is 5.32 Å². The highest BCUT2D eigenvalue weighted by Gasteiger charge is 2.32. The van der Waals surface area contributed by atoms with E-state index in [9.17, 15) is 9.90 Å². The molecule has 17 heavy (non-hydrogen) atoms. The van der Waals surface area contributed by atoms with Gasteiger partial charge in [-0.15, -0.1) is 0 Å². The summed E-state index contributed by atoms with van der Waals surface area (Å²) < 4.78 is 5.12. The lowest BCUT2D eigenvalue weighted by Crippen LogP contribution is -2.43. The number of carbonyl (C=O) groups excluding carboxylic acids is 1. The van der Waals surface area contributed by atoms with E-state index < -0.39 is 5.60 Å². The van der Waals surface area contributed by atoms with Crippen LogP contribution in [0.25, 0.3) is 0 Å². The van der Waals surface area contributed by atoms with E-state index in [0.717, 1.165) is 12.8 Å². The molecule has 0 aromatic rings. The van der Waals surface area contributed by atoms with Gasteiger partial charge in [-0.25, -0.2) is 0 Å². The molecule has 1 saturated heterocycles. The van der Waals surface area contributed by atoms with Gasteiger partial charge >= 0.3 is 0 Å². The van der Waals surface area contributed by atoms with Crippen LogP contribution in [-0.2, 0) is 9.53 Å². The second kappa shape index (κ2) is 7.67. The van der Waals surface area contributed by atoms with Gasteiger partial charge in [-0.1, -0.05) is 32.6 Å². The summed E-state index contributed by atoms with van der Waals surface area (Å²) in [7, 11) is 0. The number of unbranched alkanes of at least 4 members (excludes halogenated alkanes) is 4. The van der Waals surface area contributed by atoms with Gasteiger partial charge in [0.2, 0.25) is 5.91 Å². The summed E-state index contributed by atoms with van der Waals surface area (Å²) in [6.07, 6.45) is 6.93. The Balaban J connectivity index is 2.01. The fourth-order valence-electron chi connectivity index (χ4n) is 1.98. The highest BCUT2D eigenvalue weighted by molar-refractivity contribution is 5.75. The van der Waals surface area contributed by atoms with Crippen molar-refractivity contribution in [2.75, 3.05) is 19.8 Å². The first-order chi connectivity index (χ1) is 8.16. The zero-order valence-corrected chi connectivity index (χ0v) is 10.8. The molecule has 0 radical (unpaired) electrons. The third kappa shape index (κ3) is 6.03. The highest BCUT2D eigenvalue weighted by Crippen LogP contribution is 2.16. The SMILES string of the molecule is CCCCCCCC(=O)NCC1(O)CCOC1. The molecule has 1 aliphatic rings. The molecule has 0 aliphatic carbocycles. The van der Waals surface area contributed by atoms with E-state index in [1.807, 2.05) is 0 Å². The number of carbonyl (C=O) groups is 1. The second-order valence-electron chi connectivity index (χ2n) is 4.97. The van der Waals surface area contributed by atoms with Gasteiger partial charge in [0.05, 0.1) is 6.61 Å². The molecule has 1 atom stereocenters. The molecule has 2 N–H and O–H groups in total. The molecule has 0 spiro atoms. The summed E-state index contributed by atoms with van der Waals surface area (Å²) in [6.45, 7) is 3.42. The molecule has 1 fully saturated rings. The maximum Gasteiger partial charge on any atom is 0.220 e. The highest BCUT2D eigenvalue weighted by atomic mass is 16.5. The Morgan fingerprint density at radius 2 is 2.12 bits per heavy atom. The number of amides is 1. The monoisotopic (exact) mass is 243 g/mol. The van der Waals surface area contributed by atoms with Crippen LogP contribution in [0.1, 0.15) is 51.9 Å². The molecular weight excluding hydrogens is 218 g/mol. The van der Waals surface area contributed by atoms with Crippen molar-refractivity contribution in [1.82, 2.24) is 5.32 Å². The molecule has 0 aromatic carbocycles. The summed E-state index contributed by atoms with van der Waals surface area (Å²) in [4.78, 5) is 11.5. The molecule has 100 valence electrons. The Hall–Kier alpha value is -0.610. The van der Waals surface area contributed by atoms with Crippen molar-refractivity contribution < 1.29 is 14.6 Å². The van der Waals surface area contributed by atoms with E-state index >= 15 is 0 Å². The van der Waals surface area contributed by atoms with Crippen molar-refractivity contribution in [2.45, 2.75) is 57.5 Å².